The monoisotopic (exact) mass is 495 g/mol. The minimum absolute atomic E-state index is 0.0877. The van der Waals surface area contributed by atoms with Gasteiger partial charge < -0.3 is 24.1 Å². The number of likely N-dealkylation sites (N-methyl/N-ethyl adjacent to an activating group) is 1. The second-order valence-corrected chi connectivity index (χ2v) is 9.55. The zero-order chi connectivity index (χ0) is 24.5. The van der Waals surface area contributed by atoms with Crippen LogP contribution in [0.15, 0.2) is 34.9 Å². The van der Waals surface area contributed by atoms with Crippen molar-refractivity contribution in [2.24, 2.45) is 0 Å². The molecule has 35 heavy (non-hydrogen) atoms. The van der Waals surface area contributed by atoms with Crippen molar-refractivity contribution in [3.05, 3.63) is 52.5 Å². The Balaban J connectivity index is 1.30. The molecule has 0 N–H and O–H groups in total. The van der Waals surface area contributed by atoms with Gasteiger partial charge in [-0.25, -0.2) is 9.97 Å². The maximum absolute atomic E-state index is 13.5. The van der Waals surface area contributed by atoms with Gasteiger partial charge in [0.25, 0.3) is 5.91 Å². The molecule has 2 aromatic heterocycles. The Bertz CT molecular complexity index is 1210. The highest BCUT2D eigenvalue weighted by molar-refractivity contribution is 6.33. The Morgan fingerprint density at radius 2 is 1.51 bits per heavy atom. The van der Waals surface area contributed by atoms with E-state index in [1.807, 2.05) is 30.0 Å². The second-order valence-electron chi connectivity index (χ2n) is 9.14. The number of hydrogen-bond donors (Lipinski definition) is 0. The molecule has 0 bridgehead atoms. The second kappa shape index (κ2) is 9.83. The Morgan fingerprint density at radius 1 is 0.914 bits per heavy atom. The molecule has 9 nitrogen and oxygen atoms in total. The number of aryl methyl sites for hydroxylation is 2. The van der Waals surface area contributed by atoms with Crippen LogP contribution in [-0.4, -0.2) is 90.2 Å². The molecule has 0 atom stereocenters. The molecule has 0 spiro atoms. The van der Waals surface area contributed by atoms with Crippen molar-refractivity contribution in [2.45, 2.75) is 13.8 Å². The van der Waals surface area contributed by atoms with Gasteiger partial charge in [0.1, 0.15) is 34.5 Å². The highest BCUT2D eigenvalue weighted by Crippen LogP contribution is 2.32. The molecular formula is C25H30ClN7O2. The number of piperazine rings is 2. The number of halogens is 1. The first-order valence-corrected chi connectivity index (χ1v) is 12.3. The first-order valence-electron chi connectivity index (χ1n) is 12.0. The Hall–Kier alpha value is -3.17. The van der Waals surface area contributed by atoms with Gasteiger partial charge in [0, 0.05) is 64.0 Å². The maximum atomic E-state index is 13.5. The topological polar surface area (TPSA) is 81.8 Å². The van der Waals surface area contributed by atoms with Gasteiger partial charge in [-0.3, -0.25) is 4.79 Å². The molecule has 0 unspecified atom stereocenters. The average molecular weight is 496 g/mol. The molecule has 10 heteroatoms. The predicted octanol–water partition coefficient (Wildman–Crippen LogP) is 3.12. The number of rotatable bonds is 4. The largest absolute Gasteiger partial charge is 0.360 e. The zero-order valence-electron chi connectivity index (χ0n) is 20.4. The van der Waals surface area contributed by atoms with Crippen molar-refractivity contribution in [1.29, 1.82) is 0 Å². The summed E-state index contributed by atoms with van der Waals surface area (Å²) < 4.78 is 5.41. The Morgan fingerprint density at radius 3 is 2.14 bits per heavy atom. The van der Waals surface area contributed by atoms with E-state index in [2.05, 4.69) is 38.0 Å². The van der Waals surface area contributed by atoms with E-state index >= 15 is 0 Å². The summed E-state index contributed by atoms with van der Waals surface area (Å²) in [6.45, 7) is 10.2. The summed E-state index contributed by atoms with van der Waals surface area (Å²) in [6.07, 6.45) is 0. The molecular weight excluding hydrogens is 466 g/mol. The average Bonchev–Trinajstić information content (AvgIpc) is 3.25. The van der Waals surface area contributed by atoms with Crippen LogP contribution in [-0.2, 0) is 0 Å². The third-order valence-corrected chi connectivity index (χ3v) is 7.06. The molecule has 2 aliphatic heterocycles. The number of nitrogens with zero attached hydrogens (tertiary/aromatic N) is 7. The van der Waals surface area contributed by atoms with Crippen LogP contribution in [0.3, 0.4) is 0 Å². The summed E-state index contributed by atoms with van der Waals surface area (Å²) in [5.74, 6) is 3.06. The van der Waals surface area contributed by atoms with E-state index < -0.39 is 0 Å². The summed E-state index contributed by atoms with van der Waals surface area (Å²) in [7, 11) is 2.15. The summed E-state index contributed by atoms with van der Waals surface area (Å²) in [5, 5.41) is 4.69. The first kappa shape index (κ1) is 23.6. The zero-order valence-corrected chi connectivity index (χ0v) is 21.1. The lowest BCUT2D eigenvalue weighted by molar-refractivity contribution is 0.0745. The fraction of sp³-hybridized carbons (Fsp3) is 0.440. The summed E-state index contributed by atoms with van der Waals surface area (Å²) in [6, 6.07) is 9.44. The van der Waals surface area contributed by atoms with Crippen LogP contribution >= 0.6 is 11.6 Å². The van der Waals surface area contributed by atoms with E-state index in [1.165, 1.54) is 0 Å². The van der Waals surface area contributed by atoms with Gasteiger partial charge in [-0.2, -0.15) is 0 Å². The molecule has 4 heterocycles. The van der Waals surface area contributed by atoms with E-state index in [1.54, 1.807) is 13.0 Å². The molecule has 0 aliphatic carbocycles. The fourth-order valence-electron chi connectivity index (χ4n) is 4.65. The minimum atomic E-state index is -0.0877. The molecule has 2 aliphatic rings. The van der Waals surface area contributed by atoms with Gasteiger partial charge in [0.15, 0.2) is 0 Å². The number of aromatic nitrogens is 3. The molecule has 1 aromatic carbocycles. The third-order valence-electron chi connectivity index (χ3n) is 6.73. The molecule has 5 rings (SSSR count). The molecule has 184 valence electrons. The van der Waals surface area contributed by atoms with Crippen LogP contribution in [0.5, 0.6) is 0 Å². The number of anilines is 2. The highest BCUT2D eigenvalue weighted by atomic mass is 35.5. The predicted molar refractivity (Wildman–Crippen MR) is 136 cm³/mol. The van der Waals surface area contributed by atoms with Crippen LogP contribution in [0.1, 0.15) is 21.9 Å². The lowest BCUT2D eigenvalue weighted by Gasteiger charge is -2.36. The molecule has 3 aromatic rings. The Kier molecular flexibility index (Phi) is 6.62. The van der Waals surface area contributed by atoms with E-state index in [4.69, 9.17) is 21.1 Å². The molecule has 2 saturated heterocycles. The normalized spacial score (nSPS) is 17.2. The van der Waals surface area contributed by atoms with E-state index in [9.17, 15) is 4.79 Å². The number of carbonyl (C=O) groups excluding carboxylic acids is 1. The third kappa shape index (κ3) is 4.83. The van der Waals surface area contributed by atoms with E-state index in [0.29, 0.717) is 53.8 Å². The van der Waals surface area contributed by atoms with Crippen molar-refractivity contribution in [1.82, 2.24) is 24.9 Å². The van der Waals surface area contributed by atoms with Crippen LogP contribution in [0, 0.1) is 13.8 Å². The SMILES string of the molecule is Cc1nc(N2CCN(C)CC2)cc(N2CCN(C(=O)c3c(-c4ccccc4Cl)noc3C)CC2)n1. The number of benzene rings is 1. The van der Waals surface area contributed by atoms with Crippen molar-refractivity contribution < 1.29 is 9.32 Å². The molecule has 0 saturated carbocycles. The lowest BCUT2D eigenvalue weighted by Crippen LogP contribution is -2.49. The summed E-state index contributed by atoms with van der Waals surface area (Å²) >= 11 is 6.38. The van der Waals surface area contributed by atoms with Gasteiger partial charge in [-0.1, -0.05) is 35.0 Å². The van der Waals surface area contributed by atoms with E-state index in [-0.39, 0.29) is 5.91 Å². The Labute approximate surface area is 210 Å². The number of amides is 1. The summed E-state index contributed by atoms with van der Waals surface area (Å²) in [4.78, 5) is 31.6. The highest BCUT2D eigenvalue weighted by Gasteiger charge is 2.30. The first-order chi connectivity index (χ1) is 16.9. The van der Waals surface area contributed by atoms with Crippen LogP contribution in [0.4, 0.5) is 11.6 Å². The van der Waals surface area contributed by atoms with Gasteiger partial charge in [-0.05, 0) is 27.0 Å². The van der Waals surface area contributed by atoms with Crippen LogP contribution < -0.4 is 9.80 Å². The van der Waals surface area contributed by atoms with E-state index in [0.717, 1.165) is 43.6 Å². The smallest absolute Gasteiger partial charge is 0.259 e. The van der Waals surface area contributed by atoms with Crippen molar-refractivity contribution in [3.8, 4) is 11.3 Å². The van der Waals surface area contributed by atoms with Gasteiger partial charge in [0.2, 0.25) is 0 Å². The van der Waals surface area contributed by atoms with Crippen LogP contribution in [0.25, 0.3) is 11.3 Å². The molecule has 1 amide bonds. The molecule has 0 radical (unpaired) electrons. The van der Waals surface area contributed by atoms with Crippen molar-refractivity contribution >= 4 is 29.1 Å². The van der Waals surface area contributed by atoms with Crippen LogP contribution in [0.2, 0.25) is 5.02 Å². The van der Waals surface area contributed by atoms with Gasteiger partial charge in [0.05, 0.1) is 5.02 Å². The van der Waals surface area contributed by atoms with Crippen molar-refractivity contribution in [2.75, 3.05) is 69.2 Å². The standard InChI is InChI=1S/C25H30ClN7O2/c1-17-23(24(29-35-17)19-6-4-5-7-20(19)26)25(34)33-14-12-32(13-15-33)22-16-21(27-18(2)28-22)31-10-8-30(3)9-11-31/h4-7,16H,8-15H2,1-3H3. The maximum Gasteiger partial charge on any atom is 0.259 e. The fourth-order valence-corrected chi connectivity index (χ4v) is 4.88. The van der Waals surface area contributed by atoms with Gasteiger partial charge >= 0.3 is 0 Å². The van der Waals surface area contributed by atoms with Gasteiger partial charge in [-0.15, -0.1) is 0 Å². The quantitative estimate of drug-likeness (QED) is 0.546. The minimum Gasteiger partial charge on any atom is -0.360 e. The number of carbonyl (C=O) groups is 1. The summed E-state index contributed by atoms with van der Waals surface area (Å²) in [5.41, 5.74) is 1.66. The lowest BCUT2D eigenvalue weighted by atomic mass is 10.0. The number of hydrogen-bond acceptors (Lipinski definition) is 8. The molecule has 2 fully saturated rings. The van der Waals surface area contributed by atoms with Crippen molar-refractivity contribution in [3.63, 3.8) is 0 Å².